The lowest BCUT2D eigenvalue weighted by molar-refractivity contribution is -0.139. The van der Waals surface area contributed by atoms with E-state index in [0.29, 0.717) is 203 Å². The number of piperazine rings is 3. The Kier molecular flexibility index (Phi) is 33.3. The zero-order chi connectivity index (χ0) is 101. The summed E-state index contributed by atoms with van der Waals surface area (Å²) in [4.78, 5) is 160. The Bertz CT molecular complexity index is 6470. The van der Waals surface area contributed by atoms with E-state index in [1.54, 1.807) is 84.8 Å². The van der Waals surface area contributed by atoms with Crippen molar-refractivity contribution in [3.05, 3.63) is 276 Å². The van der Waals surface area contributed by atoms with Gasteiger partial charge in [0, 0.05) is 207 Å². The van der Waals surface area contributed by atoms with E-state index in [9.17, 15) is 51.9 Å². The first kappa shape index (κ1) is 103. The fraction of sp³-hybridized carbons (Fsp3) is 0.364. The number of benzene rings is 6. The average molecular weight is 2140 g/mol. The van der Waals surface area contributed by atoms with Crippen LogP contribution in [0, 0.1) is 11.6 Å². The highest BCUT2D eigenvalue weighted by Gasteiger charge is 2.53. The molecule has 0 bridgehead atoms. The fourth-order valence-corrected chi connectivity index (χ4v) is 22.4. The van der Waals surface area contributed by atoms with Gasteiger partial charge < -0.3 is 69.7 Å². The molecule has 6 aromatic carbocycles. The summed E-state index contributed by atoms with van der Waals surface area (Å²) < 4.78 is 56.7. The number of fused-ring (bicyclic) bond motifs is 3. The maximum atomic E-state index is 14.7. The van der Waals surface area contributed by atoms with Crippen LogP contribution in [-0.4, -0.2) is 294 Å². The molecule has 12 heterocycles. The predicted molar refractivity (Wildman–Crippen MR) is 540 cm³/mol. The molecule has 0 saturated carbocycles. The summed E-state index contributed by atoms with van der Waals surface area (Å²) in [5.41, 5.74) is 8.44. The number of aromatic nitrogens is 3. The van der Waals surface area contributed by atoms with Gasteiger partial charge in [0.15, 0.2) is 32.5 Å². The molecular weight excluding hydrogens is 2030 g/mol. The first-order chi connectivity index (χ1) is 68.9. The third kappa shape index (κ3) is 23.2. The zero-order valence-electron chi connectivity index (χ0n) is 78.4. The third-order valence-corrected chi connectivity index (χ3v) is 30.2. The monoisotopic (exact) mass is 2130 g/mol. The molecule has 18 rings (SSSR count). The topological polar surface area (TPSA) is 401 Å². The number of methoxy groups -OCH3 is 4. The second kappa shape index (κ2) is 46.0. The Hall–Kier alpha value is -12.5. The van der Waals surface area contributed by atoms with Gasteiger partial charge in [-0.1, -0.05) is 111 Å². The van der Waals surface area contributed by atoms with Gasteiger partial charge in [0.1, 0.15) is 29.8 Å². The van der Waals surface area contributed by atoms with Crippen LogP contribution in [-0.2, 0) is 71.7 Å². The lowest BCUT2D eigenvalue weighted by Crippen LogP contribution is -2.61. The minimum absolute atomic E-state index is 0.0303. The number of thiazole rings is 3. The van der Waals surface area contributed by atoms with Crippen LogP contribution in [0.25, 0.3) is 0 Å². The third-order valence-electron chi connectivity index (χ3n) is 26.2. The summed E-state index contributed by atoms with van der Waals surface area (Å²) in [7, 11) is 5.85. The van der Waals surface area contributed by atoms with Crippen molar-refractivity contribution in [2.24, 2.45) is 15.0 Å². The molecule has 6 amide bonds. The van der Waals surface area contributed by atoms with Crippen molar-refractivity contribution in [2.45, 2.75) is 100 Å². The van der Waals surface area contributed by atoms with Crippen molar-refractivity contribution in [3.63, 3.8) is 0 Å². The smallest absolute Gasteiger partial charge is 0.338 e. The van der Waals surface area contributed by atoms with Gasteiger partial charge in [-0.2, -0.15) is 0 Å². The molecule has 44 heteroatoms. The van der Waals surface area contributed by atoms with Gasteiger partial charge in [-0.05, 0) is 122 Å². The van der Waals surface area contributed by atoms with Crippen LogP contribution < -0.4 is 30.7 Å². The van der Waals surface area contributed by atoms with Crippen LogP contribution in [0.15, 0.2) is 215 Å². The van der Waals surface area contributed by atoms with E-state index in [1.165, 1.54) is 72.5 Å². The Morgan fingerprint density at radius 3 is 1.36 bits per heavy atom. The number of urea groups is 3. The summed E-state index contributed by atoms with van der Waals surface area (Å²) in [5, 5.41) is 45.2. The molecule has 6 saturated heterocycles. The van der Waals surface area contributed by atoms with Crippen molar-refractivity contribution in [3.8, 4) is 0 Å². The summed E-state index contributed by atoms with van der Waals surface area (Å²) in [6, 6.07) is 32.4. The summed E-state index contributed by atoms with van der Waals surface area (Å²) in [5.74, 6) is -3.91. The molecule has 9 aliphatic heterocycles. The average Bonchev–Trinajstić information content (AvgIpc) is 1.61. The number of aliphatic imine (C=N–C) groups is 3. The Balaban J connectivity index is 0.000000154. The first-order valence-electron chi connectivity index (χ1n) is 45.9. The Morgan fingerprint density at radius 1 is 0.503 bits per heavy atom. The normalized spacial score (nSPS) is 21.3. The molecule has 0 radical (unpaired) electrons. The highest BCUT2D eigenvalue weighted by Crippen LogP contribution is 2.45. The Morgan fingerprint density at radius 2 is 0.937 bits per heavy atom. The molecule has 750 valence electrons. The maximum absolute atomic E-state index is 14.7. The summed E-state index contributed by atoms with van der Waals surface area (Å²) >= 11 is 27.0. The van der Waals surface area contributed by atoms with Crippen molar-refractivity contribution < 1.29 is 90.9 Å². The molecule has 6 N–H and O–H groups in total. The van der Waals surface area contributed by atoms with Crippen molar-refractivity contribution in [2.75, 3.05) is 148 Å². The van der Waals surface area contributed by atoms with E-state index in [1.807, 2.05) is 104 Å². The standard InChI is InChI=1S/C33H34BrFN6O5S.C33H34Cl2N6O6S.C33H34ClFN6O6S/c1-3-46-31(44)27-25(37-29(30-36-12-15-47-30)38-28(27)23-10-7-21(35)16-24(23)34)17-39-13-14-41-32(45)40(19-33(41,2)18-39)22-8-4-20(5-9-22)6-11-26(42)43;1-46-18-26-25-17-41(21-7-3-19(4-8-21)5-10-27(42)43)33(45)40(25)13-12-39(26)16-24-28(32(44)47-2)29(22-9-6-20(34)15-23(22)35)38-30(37-24)31-36-11-14-48-31;1-46-18-25-24-17-41(20-9-6-19(7-10-20)8-11-26(42)43)33(45)40(24)14-13-39(25)16-23-27(32(44)47-2)29(21-4-3-5-22(35)28(21)34)38-30(37-23)31-36-12-15-48-31/h4-5,7-10,12,15-16,28H,3,6,11,13-14,17-19H2,1-2H3,(H,37,38)(H,42,43);3-4,6-9,11,14-15,25-26,29H,5,10,12-13,16-18H2,1-2H3,(H,37,38)(H,42,43);3-7,9-10,12,15,24-25,29H,8,11,13-14,16-18H2,1-2H3,(H,37,38)(H,42,43)/t28-,33-;25-,26-,29+;24-,25-,29+/m011/s1. The molecule has 0 spiro atoms. The number of amidine groups is 3. The van der Waals surface area contributed by atoms with E-state index in [0.717, 1.165) is 33.8 Å². The van der Waals surface area contributed by atoms with E-state index in [4.69, 9.17) is 88.8 Å². The van der Waals surface area contributed by atoms with Crippen LogP contribution in [0.2, 0.25) is 15.1 Å². The number of carbonyl (C=O) groups is 9. The lowest BCUT2D eigenvalue weighted by Gasteiger charge is -2.44. The summed E-state index contributed by atoms with van der Waals surface area (Å²) in [6.07, 6.45) is 6.39. The quantitative estimate of drug-likeness (QED) is 0.0168. The van der Waals surface area contributed by atoms with Gasteiger partial charge in [-0.25, -0.2) is 52.5 Å². The highest BCUT2D eigenvalue weighted by molar-refractivity contribution is 9.10. The lowest BCUT2D eigenvalue weighted by atomic mass is 9.94. The number of anilines is 3. The van der Waals surface area contributed by atoms with Crippen molar-refractivity contribution >= 4 is 173 Å². The second-order valence-corrected chi connectivity index (χ2v) is 39.8. The zero-order valence-corrected chi connectivity index (χ0v) is 84.7. The van der Waals surface area contributed by atoms with Crippen molar-refractivity contribution in [1.82, 2.24) is 60.3 Å². The van der Waals surface area contributed by atoms with Gasteiger partial charge in [-0.15, -0.1) is 34.0 Å². The Labute approximate surface area is 857 Å². The van der Waals surface area contributed by atoms with Crippen molar-refractivity contribution in [1.29, 1.82) is 0 Å². The van der Waals surface area contributed by atoms with Gasteiger partial charge in [0.2, 0.25) is 0 Å². The van der Waals surface area contributed by atoms with Gasteiger partial charge in [-0.3, -0.25) is 58.8 Å². The van der Waals surface area contributed by atoms with Gasteiger partial charge in [0.05, 0.1) is 92.0 Å². The molecule has 0 aliphatic carbocycles. The number of carboxylic acid groups (broad SMARTS) is 3. The summed E-state index contributed by atoms with van der Waals surface area (Å²) in [6.45, 7) is 10.3. The number of nitrogens with zero attached hydrogens (tertiary/aromatic N) is 15. The predicted octanol–water partition coefficient (Wildman–Crippen LogP) is 13.7. The molecule has 9 aliphatic rings. The number of aliphatic carboxylic acids is 3. The molecule has 143 heavy (non-hydrogen) atoms. The molecule has 3 aromatic heterocycles. The number of hydrogen-bond donors (Lipinski definition) is 6. The number of hydrogen-bond acceptors (Lipinski definition) is 29. The van der Waals surface area contributed by atoms with Crippen LogP contribution in [0.4, 0.5) is 40.2 Å². The molecule has 0 unspecified atom stereocenters. The maximum Gasteiger partial charge on any atom is 0.338 e. The number of carboxylic acids is 3. The second-order valence-electron chi connectivity index (χ2n) is 35.1. The van der Waals surface area contributed by atoms with E-state index < -0.39 is 71.1 Å². The minimum Gasteiger partial charge on any atom is -0.481 e. The molecule has 9 aromatic rings. The number of halogens is 6. The molecule has 6 fully saturated rings. The van der Waals surface area contributed by atoms with Gasteiger partial charge in [0.25, 0.3) is 0 Å². The van der Waals surface area contributed by atoms with Gasteiger partial charge >= 0.3 is 53.9 Å². The number of amides is 6. The minimum atomic E-state index is -0.972. The van der Waals surface area contributed by atoms with E-state index in [-0.39, 0.29) is 85.3 Å². The van der Waals surface area contributed by atoms with Crippen LogP contribution in [0.1, 0.15) is 99.6 Å². The van der Waals surface area contributed by atoms with E-state index in [2.05, 4.69) is 68.5 Å². The number of nitrogens with one attached hydrogen (secondary N) is 3. The number of carbonyl (C=O) groups excluding carboxylic acids is 6. The number of ether oxygens (including phenoxy) is 5. The molecule has 35 nitrogen and oxygen atoms in total. The van der Waals surface area contributed by atoms with E-state index >= 15 is 0 Å². The largest absolute Gasteiger partial charge is 0.481 e. The number of esters is 3. The molecular formula is C99H102BrCl3F2N18O17S3. The highest BCUT2D eigenvalue weighted by atomic mass is 79.9. The first-order valence-corrected chi connectivity index (χ1v) is 50.5. The number of aryl methyl sites for hydroxylation is 3. The fourth-order valence-electron chi connectivity index (χ4n) is 19.3. The SMILES string of the molecule is CCOC(=O)C1=C(CN2CCN3C(=O)N(c4ccc(CCC(=O)O)cc4)C[C@]3(C)C2)NC(c2nccs2)=N[C@H]1c1ccc(F)cc1Br.COC[C@@H]1[C@H]2CN(c3ccc(CCC(=O)O)cc3)C(=O)N2CCN1CC1=C(C(=O)OC)[C@H](c2ccc(Cl)cc2Cl)N=C(c2nccs2)N1.COC[C@@H]1[C@H]2CN(c3ccc(CCC(=O)O)cc3)C(=O)N2CCN1CC1=C(C(=O)OC)[C@H](c2cccc(F)c2Cl)N=C(c2nccs2)N1. The van der Waals surface area contributed by atoms with Crippen LogP contribution in [0.3, 0.4) is 0 Å². The molecule has 8 atom stereocenters. The number of rotatable bonds is 32. The van der Waals surface area contributed by atoms with Crippen LogP contribution >= 0.6 is 84.7 Å². The van der Waals surface area contributed by atoms with Crippen LogP contribution in [0.5, 0.6) is 0 Å².